The van der Waals surface area contributed by atoms with Crippen LogP contribution >= 0.6 is 15.9 Å². The van der Waals surface area contributed by atoms with E-state index in [-0.39, 0.29) is 11.6 Å². The van der Waals surface area contributed by atoms with Crippen LogP contribution in [0.4, 0.5) is 0 Å². The van der Waals surface area contributed by atoms with Crippen LogP contribution in [0.1, 0.15) is 32.8 Å². The van der Waals surface area contributed by atoms with E-state index in [1.807, 2.05) is 6.20 Å². The Balaban J connectivity index is 2.86. The van der Waals surface area contributed by atoms with Crippen molar-refractivity contribution in [2.75, 3.05) is 13.7 Å². The number of nitrogens with zero attached hydrogens (tertiary/aromatic N) is 1. The van der Waals surface area contributed by atoms with Crippen molar-refractivity contribution < 1.29 is 4.74 Å². The van der Waals surface area contributed by atoms with Gasteiger partial charge in [0, 0.05) is 30.0 Å². The molecule has 0 spiro atoms. The second-order valence-electron chi connectivity index (χ2n) is 4.70. The molecule has 1 N–H and O–H groups in total. The van der Waals surface area contributed by atoms with Crippen LogP contribution < -0.4 is 5.32 Å². The van der Waals surface area contributed by atoms with E-state index in [4.69, 9.17) is 4.74 Å². The van der Waals surface area contributed by atoms with Crippen molar-refractivity contribution >= 4 is 15.9 Å². The lowest BCUT2D eigenvalue weighted by Gasteiger charge is -2.36. The minimum Gasteiger partial charge on any atom is -0.377 e. The van der Waals surface area contributed by atoms with Crippen LogP contribution in [0.2, 0.25) is 0 Å². The molecule has 4 heteroatoms. The summed E-state index contributed by atoms with van der Waals surface area (Å²) in [4.78, 5) is 4.22. The molecule has 102 valence electrons. The molecule has 0 aliphatic rings. The summed E-state index contributed by atoms with van der Waals surface area (Å²) >= 11 is 3.46. The predicted octanol–water partition coefficient (Wildman–Crippen LogP) is 3.18. The Labute approximate surface area is 118 Å². The average Bonchev–Trinajstić information content (AvgIpc) is 2.37. The van der Waals surface area contributed by atoms with Gasteiger partial charge in [-0.3, -0.25) is 4.98 Å². The molecular formula is C14H23BrN2O. The van der Waals surface area contributed by atoms with Gasteiger partial charge in [-0.1, -0.05) is 13.8 Å². The molecule has 0 saturated carbocycles. The van der Waals surface area contributed by atoms with Gasteiger partial charge in [-0.2, -0.15) is 0 Å². The summed E-state index contributed by atoms with van der Waals surface area (Å²) in [6.07, 6.45) is 5.61. The number of ether oxygens (including phenoxy) is 1. The molecule has 1 aromatic heterocycles. The average molecular weight is 315 g/mol. The van der Waals surface area contributed by atoms with Crippen LogP contribution in [0.3, 0.4) is 0 Å². The zero-order chi connectivity index (χ0) is 13.6. The summed E-state index contributed by atoms with van der Waals surface area (Å²) in [5.41, 5.74) is 1.06. The fourth-order valence-electron chi connectivity index (χ4n) is 2.09. The number of rotatable bonds is 7. The van der Waals surface area contributed by atoms with E-state index in [9.17, 15) is 0 Å². The molecule has 1 heterocycles. The van der Waals surface area contributed by atoms with Gasteiger partial charge >= 0.3 is 0 Å². The number of hydrogen-bond donors (Lipinski definition) is 1. The van der Waals surface area contributed by atoms with Crippen molar-refractivity contribution in [2.24, 2.45) is 0 Å². The largest absolute Gasteiger partial charge is 0.377 e. The van der Waals surface area contributed by atoms with Crippen molar-refractivity contribution in [2.45, 2.75) is 45.3 Å². The van der Waals surface area contributed by atoms with Crippen LogP contribution in [-0.2, 0) is 11.2 Å². The molecule has 0 radical (unpaired) electrons. The minimum atomic E-state index is -0.154. The second-order valence-corrected chi connectivity index (χ2v) is 5.61. The van der Waals surface area contributed by atoms with Crippen molar-refractivity contribution in [3.8, 4) is 0 Å². The standard InChI is InChI=1S/C14H23BrN2O/c1-5-14(3,18-4)13(17-6-2)8-11-7-12(15)10-16-9-11/h7,9-10,13,17H,5-6,8H2,1-4H3. The van der Waals surface area contributed by atoms with Crippen LogP contribution in [0, 0.1) is 0 Å². The Morgan fingerprint density at radius 2 is 2.17 bits per heavy atom. The van der Waals surface area contributed by atoms with Crippen molar-refractivity contribution in [3.63, 3.8) is 0 Å². The molecule has 0 amide bonds. The molecule has 3 nitrogen and oxygen atoms in total. The molecule has 0 aromatic carbocycles. The monoisotopic (exact) mass is 314 g/mol. The number of aromatic nitrogens is 1. The second kappa shape index (κ2) is 7.22. The summed E-state index contributed by atoms with van der Waals surface area (Å²) in [6.45, 7) is 7.38. The number of pyridine rings is 1. The zero-order valence-corrected chi connectivity index (χ0v) is 13.3. The van der Waals surface area contributed by atoms with Crippen LogP contribution in [0.25, 0.3) is 0 Å². The summed E-state index contributed by atoms with van der Waals surface area (Å²) in [7, 11) is 1.78. The molecule has 0 aliphatic carbocycles. The Morgan fingerprint density at radius 1 is 1.44 bits per heavy atom. The number of likely N-dealkylation sites (N-methyl/N-ethyl adjacent to an activating group) is 1. The van der Waals surface area contributed by atoms with Gasteiger partial charge in [-0.15, -0.1) is 0 Å². The van der Waals surface area contributed by atoms with E-state index < -0.39 is 0 Å². The van der Waals surface area contributed by atoms with Crippen molar-refractivity contribution in [1.82, 2.24) is 10.3 Å². The van der Waals surface area contributed by atoms with Crippen LogP contribution in [0.15, 0.2) is 22.9 Å². The molecule has 0 bridgehead atoms. The molecule has 18 heavy (non-hydrogen) atoms. The topological polar surface area (TPSA) is 34.2 Å². The van der Waals surface area contributed by atoms with Crippen LogP contribution in [-0.4, -0.2) is 30.3 Å². The predicted molar refractivity (Wildman–Crippen MR) is 78.8 cm³/mol. The third kappa shape index (κ3) is 4.04. The maximum absolute atomic E-state index is 5.71. The van der Waals surface area contributed by atoms with Crippen molar-refractivity contribution in [3.05, 3.63) is 28.5 Å². The van der Waals surface area contributed by atoms with Crippen LogP contribution in [0.5, 0.6) is 0 Å². The van der Waals surface area contributed by atoms with Gasteiger partial charge in [-0.25, -0.2) is 0 Å². The molecule has 0 fully saturated rings. The normalized spacial score (nSPS) is 16.3. The molecule has 2 unspecified atom stereocenters. The highest BCUT2D eigenvalue weighted by atomic mass is 79.9. The van der Waals surface area contributed by atoms with Gasteiger partial charge < -0.3 is 10.1 Å². The fraction of sp³-hybridized carbons (Fsp3) is 0.643. The summed E-state index contributed by atoms with van der Waals surface area (Å²) < 4.78 is 6.73. The quantitative estimate of drug-likeness (QED) is 0.839. The Morgan fingerprint density at radius 3 is 2.67 bits per heavy atom. The van der Waals surface area contributed by atoms with Gasteiger partial charge in [-0.05, 0) is 53.9 Å². The minimum absolute atomic E-state index is 0.154. The Bertz CT molecular complexity index is 367. The SMILES string of the molecule is CCNC(Cc1cncc(Br)c1)C(C)(CC)OC. The van der Waals surface area contributed by atoms with E-state index in [1.165, 1.54) is 5.56 Å². The first-order valence-electron chi connectivity index (χ1n) is 6.43. The maximum atomic E-state index is 5.71. The van der Waals surface area contributed by atoms with Gasteiger partial charge in [0.2, 0.25) is 0 Å². The van der Waals surface area contributed by atoms with E-state index in [0.717, 1.165) is 23.9 Å². The zero-order valence-electron chi connectivity index (χ0n) is 11.7. The highest BCUT2D eigenvalue weighted by Gasteiger charge is 2.32. The number of hydrogen-bond acceptors (Lipinski definition) is 3. The first-order chi connectivity index (χ1) is 8.55. The van der Waals surface area contributed by atoms with Crippen molar-refractivity contribution in [1.29, 1.82) is 0 Å². The van der Waals surface area contributed by atoms with E-state index >= 15 is 0 Å². The third-order valence-corrected chi connectivity index (χ3v) is 3.99. The maximum Gasteiger partial charge on any atom is 0.0803 e. The number of methoxy groups -OCH3 is 1. The lowest BCUT2D eigenvalue weighted by atomic mass is 9.88. The van der Waals surface area contributed by atoms with Gasteiger partial charge in [0.25, 0.3) is 0 Å². The molecule has 0 aliphatic heterocycles. The number of halogens is 1. The summed E-state index contributed by atoms with van der Waals surface area (Å²) in [5.74, 6) is 0. The van der Waals surface area contributed by atoms with Gasteiger partial charge in [0.1, 0.15) is 0 Å². The molecular weight excluding hydrogens is 292 g/mol. The molecule has 1 aromatic rings. The van der Waals surface area contributed by atoms with Gasteiger partial charge in [0.15, 0.2) is 0 Å². The molecule has 1 rings (SSSR count). The fourth-order valence-corrected chi connectivity index (χ4v) is 2.50. The third-order valence-electron chi connectivity index (χ3n) is 3.56. The lowest BCUT2D eigenvalue weighted by Crippen LogP contribution is -2.51. The first kappa shape index (κ1) is 15.6. The van der Waals surface area contributed by atoms with Gasteiger partial charge in [0.05, 0.1) is 5.60 Å². The van der Waals surface area contributed by atoms with E-state index in [0.29, 0.717) is 0 Å². The Kier molecular flexibility index (Phi) is 6.26. The lowest BCUT2D eigenvalue weighted by molar-refractivity contribution is -0.0283. The van der Waals surface area contributed by atoms with E-state index in [1.54, 1.807) is 13.3 Å². The molecule has 0 saturated heterocycles. The highest BCUT2D eigenvalue weighted by molar-refractivity contribution is 9.10. The smallest absolute Gasteiger partial charge is 0.0803 e. The first-order valence-corrected chi connectivity index (χ1v) is 7.23. The Hall–Kier alpha value is -0.450. The number of nitrogens with one attached hydrogen (secondary N) is 1. The summed E-state index contributed by atoms with van der Waals surface area (Å²) in [6, 6.07) is 2.40. The van der Waals surface area contributed by atoms with E-state index in [2.05, 4.69) is 53.1 Å². The molecule has 2 atom stereocenters. The summed E-state index contributed by atoms with van der Waals surface area (Å²) in [5, 5.41) is 3.52. The highest BCUT2D eigenvalue weighted by Crippen LogP contribution is 2.23.